The lowest BCUT2D eigenvalue weighted by atomic mass is 9.70. The highest BCUT2D eigenvalue weighted by atomic mass is 16.6. The summed E-state index contributed by atoms with van der Waals surface area (Å²) in [5.74, 6) is -3.49. The van der Waals surface area contributed by atoms with E-state index in [1.54, 1.807) is 24.0 Å². The highest BCUT2D eigenvalue weighted by molar-refractivity contribution is 6.05. The average molecular weight is 610 g/mol. The second-order valence-electron chi connectivity index (χ2n) is 12.7. The summed E-state index contributed by atoms with van der Waals surface area (Å²) in [6, 6.07) is 4.08. The predicted octanol–water partition coefficient (Wildman–Crippen LogP) is 3.23. The molecule has 3 fully saturated rings. The highest BCUT2D eigenvalue weighted by Crippen LogP contribution is 2.59. The number of fused-ring (bicyclic) bond motifs is 1. The zero-order chi connectivity index (χ0) is 32.3. The normalized spacial score (nSPS) is 26.7. The SMILES string of the molecule is C=CCCC(=O)NC[C@@H](C)OC(=O)[C@@H]1[C@@H]2CC[C@]3(O2)[C@H](C(=O)N(CC=C)c2c(C)cccc2C)N([C@@H](CO)C(C)C)C(=O)[C@@H]13. The van der Waals surface area contributed by atoms with E-state index in [9.17, 15) is 24.3 Å². The lowest BCUT2D eigenvalue weighted by Crippen LogP contribution is -2.60. The van der Waals surface area contributed by atoms with Crippen LogP contribution in [0, 0.1) is 31.6 Å². The van der Waals surface area contributed by atoms with Gasteiger partial charge in [0.25, 0.3) is 5.91 Å². The number of benzene rings is 1. The number of aliphatic hydroxyl groups is 1. The van der Waals surface area contributed by atoms with Crippen molar-refractivity contribution in [2.75, 3.05) is 24.6 Å². The Hall–Kier alpha value is -3.50. The first kappa shape index (κ1) is 33.4. The molecule has 10 nitrogen and oxygen atoms in total. The third-order valence-electron chi connectivity index (χ3n) is 9.32. The Balaban J connectivity index is 1.69. The maximum Gasteiger partial charge on any atom is 0.312 e. The van der Waals surface area contributed by atoms with Crippen molar-refractivity contribution in [2.45, 2.75) is 90.2 Å². The first-order chi connectivity index (χ1) is 20.9. The largest absolute Gasteiger partial charge is 0.460 e. The molecular weight excluding hydrogens is 562 g/mol. The number of amides is 3. The lowest BCUT2D eigenvalue weighted by Gasteiger charge is -2.41. The molecule has 1 aromatic carbocycles. The van der Waals surface area contributed by atoms with Crippen LogP contribution in [0.25, 0.3) is 0 Å². The van der Waals surface area contributed by atoms with E-state index >= 15 is 0 Å². The minimum Gasteiger partial charge on any atom is -0.460 e. The predicted molar refractivity (Wildman–Crippen MR) is 167 cm³/mol. The number of ether oxygens (including phenoxy) is 2. The Morgan fingerprint density at radius 1 is 1.20 bits per heavy atom. The van der Waals surface area contributed by atoms with Gasteiger partial charge in [-0.1, -0.05) is 44.2 Å². The molecule has 10 heteroatoms. The fourth-order valence-corrected chi connectivity index (χ4v) is 7.31. The summed E-state index contributed by atoms with van der Waals surface area (Å²) < 4.78 is 12.3. The minimum atomic E-state index is -1.25. The number of esters is 1. The van der Waals surface area contributed by atoms with Gasteiger partial charge in [-0.15, -0.1) is 13.2 Å². The fourth-order valence-electron chi connectivity index (χ4n) is 7.31. The standard InChI is InChI=1S/C34H47N3O7/c1-8-10-14-26(39)35-18-23(7)43-33(42)27-25-15-16-34(44-25)28(27)31(40)37(24(19-38)20(3)4)30(34)32(41)36(17-9-2)29-21(5)12-11-13-22(29)6/h8-9,11-13,20,23-25,27-28,30,38H,1-2,10,14-19H2,3-7H3,(H,35,39)/t23-,24+,25+,27-,28-,30+,34-/m1/s1. The number of para-hydroxylation sites is 1. The smallest absolute Gasteiger partial charge is 0.312 e. The molecule has 0 aromatic heterocycles. The van der Waals surface area contributed by atoms with Gasteiger partial charge in [0.05, 0.1) is 37.1 Å². The summed E-state index contributed by atoms with van der Waals surface area (Å²) in [4.78, 5) is 58.1. The molecule has 0 aliphatic carbocycles. The van der Waals surface area contributed by atoms with Gasteiger partial charge in [0, 0.05) is 18.7 Å². The quantitative estimate of drug-likeness (QED) is 0.245. The van der Waals surface area contributed by atoms with E-state index in [0.717, 1.165) is 16.8 Å². The van der Waals surface area contributed by atoms with Crippen LogP contribution < -0.4 is 10.2 Å². The first-order valence-corrected chi connectivity index (χ1v) is 15.6. The fraction of sp³-hybridized carbons (Fsp3) is 0.588. The molecule has 0 unspecified atom stereocenters. The van der Waals surface area contributed by atoms with Crippen molar-refractivity contribution in [2.24, 2.45) is 17.8 Å². The summed E-state index contributed by atoms with van der Waals surface area (Å²) in [5, 5.41) is 13.3. The van der Waals surface area contributed by atoms with E-state index in [4.69, 9.17) is 9.47 Å². The lowest BCUT2D eigenvalue weighted by molar-refractivity contribution is -0.160. The molecule has 240 valence electrons. The van der Waals surface area contributed by atoms with Gasteiger partial charge in [-0.3, -0.25) is 19.2 Å². The van der Waals surface area contributed by atoms with Crippen LogP contribution in [0.5, 0.6) is 0 Å². The van der Waals surface area contributed by atoms with Crippen LogP contribution in [0.2, 0.25) is 0 Å². The van der Waals surface area contributed by atoms with Crippen LogP contribution in [0.4, 0.5) is 5.69 Å². The zero-order valence-corrected chi connectivity index (χ0v) is 26.6. The molecule has 2 bridgehead atoms. The Kier molecular flexibility index (Phi) is 10.4. The second-order valence-corrected chi connectivity index (χ2v) is 12.7. The monoisotopic (exact) mass is 609 g/mol. The van der Waals surface area contributed by atoms with Crippen molar-refractivity contribution in [3.05, 3.63) is 54.6 Å². The van der Waals surface area contributed by atoms with Gasteiger partial charge in [-0.05, 0) is 57.1 Å². The summed E-state index contributed by atoms with van der Waals surface area (Å²) >= 11 is 0. The van der Waals surface area contributed by atoms with Crippen molar-refractivity contribution in [1.29, 1.82) is 0 Å². The molecule has 3 saturated heterocycles. The third kappa shape index (κ3) is 5.94. The number of hydrogen-bond donors (Lipinski definition) is 2. The Morgan fingerprint density at radius 2 is 1.89 bits per heavy atom. The van der Waals surface area contributed by atoms with Gasteiger partial charge in [-0.25, -0.2) is 0 Å². The molecule has 3 heterocycles. The first-order valence-electron chi connectivity index (χ1n) is 15.6. The molecular formula is C34H47N3O7. The number of hydrogen-bond acceptors (Lipinski definition) is 7. The number of rotatable bonds is 14. The number of carbonyl (C=O) groups excluding carboxylic acids is 4. The van der Waals surface area contributed by atoms with Gasteiger partial charge in [0.1, 0.15) is 17.7 Å². The van der Waals surface area contributed by atoms with Crippen LogP contribution >= 0.6 is 0 Å². The van der Waals surface area contributed by atoms with Gasteiger partial charge in [0.15, 0.2) is 0 Å². The number of nitrogens with one attached hydrogen (secondary N) is 1. The van der Waals surface area contributed by atoms with Crippen LogP contribution in [-0.4, -0.2) is 83.3 Å². The molecule has 3 aliphatic rings. The molecule has 0 saturated carbocycles. The van der Waals surface area contributed by atoms with Crippen LogP contribution in [-0.2, 0) is 28.7 Å². The van der Waals surface area contributed by atoms with E-state index < -0.39 is 47.7 Å². The van der Waals surface area contributed by atoms with E-state index in [0.29, 0.717) is 25.7 Å². The number of aryl methyl sites for hydroxylation is 2. The summed E-state index contributed by atoms with van der Waals surface area (Å²) in [7, 11) is 0. The van der Waals surface area contributed by atoms with Crippen molar-refractivity contribution >= 4 is 29.4 Å². The molecule has 0 radical (unpaired) electrons. The number of aliphatic hydroxyl groups excluding tert-OH is 1. The molecule has 1 aromatic rings. The van der Waals surface area contributed by atoms with Gasteiger partial charge < -0.3 is 29.7 Å². The molecule has 2 N–H and O–H groups in total. The summed E-state index contributed by atoms with van der Waals surface area (Å²) in [6.45, 7) is 16.8. The van der Waals surface area contributed by atoms with Crippen molar-refractivity contribution in [3.63, 3.8) is 0 Å². The maximum atomic E-state index is 14.8. The van der Waals surface area contributed by atoms with Crippen molar-refractivity contribution < 1.29 is 33.8 Å². The van der Waals surface area contributed by atoms with Crippen molar-refractivity contribution in [3.8, 4) is 0 Å². The number of anilines is 1. The third-order valence-corrected chi connectivity index (χ3v) is 9.32. The number of likely N-dealkylation sites (tertiary alicyclic amines) is 1. The Bertz CT molecular complexity index is 1280. The summed E-state index contributed by atoms with van der Waals surface area (Å²) in [6.07, 6.45) is 3.84. The van der Waals surface area contributed by atoms with Gasteiger partial charge >= 0.3 is 5.97 Å². The van der Waals surface area contributed by atoms with E-state index in [2.05, 4.69) is 18.5 Å². The topological polar surface area (TPSA) is 125 Å². The van der Waals surface area contributed by atoms with Crippen LogP contribution in [0.1, 0.15) is 57.6 Å². The Labute approximate surface area is 260 Å². The minimum absolute atomic E-state index is 0.128. The van der Waals surface area contributed by atoms with Crippen LogP contribution in [0.3, 0.4) is 0 Å². The molecule has 1 spiro atoms. The molecule has 3 aliphatic heterocycles. The van der Waals surface area contributed by atoms with Crippen molar-refractivity contribution in [1.82, 2.24) is 10.2 Å². The van der Waals surface area contributed by atoms with E-state index in [-0.39, 0.29) is 43.3 Å². The summed E-state index contributed by atoms with van der Waals surface area (Å²) in [5.41, 5.74) is 1.29. The second kappa shape index (κ2) is 13.6. The molecule has 7 atom stereocenters. The molecule has 44 heavy (non-hydrogen) atoms. The Morgan fingerprint density at radius 3 is 2.48 bits per heavy atom. The zero-order valence-electron chi connectivity index (χ0n) is 26.6. The number of allylic oxidation sites excluding steroid dienone is 1. The maximum absolute atomic E-state index is 14.8. The molecule has 3 amide bonds. The van der Waals surface area contributed by atoms with E-state index in [1.807, 2.05) is 45.9 Å². The number of nitrogens with zero attached hydrogens (tertiary/aromatic N) is 2. The van der Waals surface area contributed by atoms with Gasteiger partial charge in [-0.2, -0.15) is 0 Å². The highest BCUT2D eigenvalue weighted by Gasteiger charge is 2.76. The number of carbonyl (C=O) groups is 4. The van der Waals surface area contributed by atoms with Crippen LogP contribution in [0.15, 0.2) is 43.5 Å². The van der Waals surface area contributed by atoms with Gasteiger partial charge in [0.2, 0.25) is 11.8 Å². The average Bonchev–Trinajstić information content (AvgIpc) is 3.62. The van der Waals surface area contributed by atoms with E-state index in [1.165, 1.54) is 4.90 Å². The molecule has 4 rings (SSSR count).